The monoisotopic (exact) mass is 321 g/mol. The minimum absolute atomic E-state index is 0.181. The normalized spacial score (nSPS) is 10.4. The second kappa shape index (κ2) is 5.80. The highest BCUT2D eigenvalue weighted by molar-refractivity contribution is 7.98. The van der Waals surface area contributed by atoms with Crippen molar-refractivity contribution in [2.75, 3.05) is 6.26 Å². The molecule has 0 fully saturated rings. The van der Waals surface area contributed by atoms with Crippen LogP contribution in [0.4, 0.5) is 0 Å². The number of nitriles is 1. The topological polar surface area (TPSA) is 78.7 Å². The van der Waals surface area contributed by atoms with Crippen LogP contribution in [-0.2, 0) is 0 Å². The number of thioether (sulfide) groups is 1. The quantitative estimate of drug-likeness (QED) is 0.861. The highest BCUT2D eigenvalue weighted by Crippen LogP contribution is 2.28. The lowest BCUT2D eigenvalue weighted by atomic mass is 10.2. The number of halogens is 1. The van der Waals surface area contributed by atoms with Gasteiger partial charge in [-0.15, -0.1) is 11.8 Å². The zero-order valence-electron chi connectivity index (χ0n) is 11.7. The first-order chi connectivity index (χ1) is 9.90. The van der Waals surface area contributed by atoms with Gasteiger partial charge in [0.2, 0.25) is 0 Å². The van der Waals surface area contributed by atoms with Gasteiger partial charge in [0.25, 0.3) is 5.56 Å². The Hall–Kier alpha value is -1.97. The van der Waals surface area contributed by atoms with Crippen molar-refractivity contribution < 1.29 is 0 Å². The van der Waals surface area contributed by atoms with Gasteiger partial charge in [-0.3, -0.25) is 4.79 Å². The lowest BCUT2D eigenvalue weighted by molar-refractivity contribution is 0.837. The van der Waals surface area contributed by atoms with Crippen molar-refractivity contribution in [1.29, 1.82) is 5.26 Å². The molecule has 0 aliphatic heterocycles. The first-order valence-electron chi connectivity index (χ1n) is 6.01. The van der Waals surface area contributed by atoms with Crippen molar-refractivity contribution in [3.63, 3.8) is 0 Å². The number of aromatic amines is 1. The molecule has 0 bridgehead atoms. The molecule has 0 amide bonds. The molecule has 0 radical (unpaired) electrons. The summed E-state index contributed by atoms with van der Waals surface area (Å²) in [5, 5.41) is 9.25. The summed E-state index contributed by atoms with van der Waals surface area (Å²) in [7, 11) is 0. The van der Waals surface area contributed by atoms with E-state index in [9.17, 15) is 9.59 Å². The number of aryl methyl sites for hydroxylation is 1. The van der Waals surface area contributed by atoms with E-state index in [0.29, 0.717) is 21.7 Å². The van der Waals surface area contributed by atoms with Crippen LogP contribution in [0.5, 0.6) is 0 Å². The van der Waals surface area contributed by atoms with E-state index in [4.69, 9.17) is 16.9 Å². The highest BCUT2D eigenvalue weighted by atomic mass is 35.5. The first kappa shape index (κ1) is 15.4. The number of nitrogens with zero attached hydrogens (tertiary/aromatic N) is 2. The van der Waals surface area contributed by atoms with Gasteiger partial charge >= 0.3 is 5.69 Å². The molecule has 0 spiro atoms. The molecular weight excluding hydrogens is 310 g/mol. The Labute approximate surface area is 130 Å². The summed E-state index contributed by atoms with van der Waals surface area (Å²) in [4.78, 5) is 27.7. The molecule has 2 aromatic rings. The second-order valence-electron chi connectivity index (χ2n) is 4.44. The van der Waals surface area contributed by atoms with Crippen molar-refractivity contribution >= 4 is 23.4 Å². The molecule has 0 aliphatic rings. The molecule has 2 rings (SSSR count). The number of H-pyrrole nitrogens is 1. The Balaban J connectivity index is 2.87. The van der Waals surface area contributed by atoms with Gasteiger partial charge in [-0.25, -0.2) is 9.36 Å². The molecule has 1 N–H and O–H groups in total. The Kier molecular flexibility index (Phi) is 4.26. The molecule has 0 atom stereocenters. The summed E-state index contributed by atoms with van der Waals surface area (Å²) in [6.07, 6.45) is 1.81. The van der Waals surface area contributed by atoms with Crippen molar-refractivity contribution in [1.82, 2.24) is 9.55 Å². The summed E-state index contributed by atoms with van der Waals surface area (Å²) >= 11 is 7.48. The molecule has 0 unspecified atom stereocenters. The molecule has 21 heavy (non-hydrogen) atoms. The molecule has 0 saturated heterocycles. The van der Waals surface area contributed by atoms with E-state index in [1.165, 1.54) is 17.8 Å². The predicted molar refractivity (Wildman–Crippen MR) is 83.6 cm³/mol. The maximum atomic E-state index is 12.3. The van der Waals surface area contributed by atoms with Crippen molar-refractivity contribution in [2.24, 2.45) is 0 Å². The maximum Gasteiger partial charge on any atom is 0.333 e. The summed E-state index contributed by atoms with van der Waals surface area (Å²) < 4.78 is 0.992. The average molecular weight is 322 g/mol. The average Bonchev–Trinajstić information content (AvgIpc) is 2.46. The van der Waals surface area contributed by atoms with Gasteiger partial charge in [-0.05, 0) is 32.2 Å². The van der Waals surface area contributed by atoms with E-state index in [2.05, 4.69) is 4.98 Å². The lowest BCUT2D eigenvalue weighted by Gasteiger charge is -2.11. The van der Waals surface area contributed by atoms with Crippen molar-refractivity contribution in [2.45, 2.75) is 18.7 Å². The molecule has 1 aromatic heterocycles. The smallest absolute Gasteiger partial charge is 0.311 e. The van der Waals surface area contributed by atoms with Crippen molar-refractivity contribution in [3.8, 4) is 11.8 Å². The number of aromatic nitrogens is 2. The predicted octanol–water partition coefficient (Wildman–Crippen LogP) is 2.39. The van der Waals surface area contributed by atoms with Crippen LogP contribution in [0, 0.1) is 25.2 Å². The van der Waals surface area contributed by atoms with Crippen LogP contribution in [-0.4, -0.2) is 15.8 Å². The van der Waals surface area contributed by atoms with Crippen LogP contribution in [0.15, 0.2) is 26.6 Å². The van der Waals surface area contributed by atoms with Gasteiger partial charge in [0.15, 0.2) is 0 Å². The third-order valence-corrected chi connectivity index (χ3v) is 4.29. The van der Waals surface area contributed by atoms with Crippen LogP contribution >= 0.6 is 23.4 Å². The zero-order valence-corrected chi connectivity index (χ0v) is 13.2. The van der Waals surface area contributed by atoms with E-state index < -0.39 is 11.2 Å². The zero-order chi connectivity index (χ0) is 15.7. The molecule has 108 valence electrons. The van der Waals surface area contributed by atoms with E-state index in [0.717, 1.165) is 4.57 Å². The lowest BCUT2D eigenvalue weighted by Crippen LogP contribution is -2.36. The van der Waals surface area contributed by atoms with Gasteiger partial charge in [-0.1, -0.05) is 11.6 Å². The minimum atomic E-state index is -0.554. The van der Waals surface area contributed by atoms with E-state index in [1.54, 1.807) is 26.2 Å². The third-order valence-electron chi connectivity index (χ3n) is 3.21. The number of hydrogen-bond donors (Lipinski definition) is 1. The molecule has 0 saturated carbocycles. The van der Waals surface area contributed by atoms with Gasteiger partial charge in [0, 0.05) is 16.2 Å². The number of rotatable bonds is 2. The fraction of sp³-hybridized carbons (Fsp3) is 0.214. The summed E-state index contributed by atoms with van der Waals surface area (Å²) in [5.41, 5.74) is 0.674. The fourth-order valence-corrected chi connectivity index (χ4v) is 2.72. The largest absolute Gasteiger partial charge is 0.333 e. The maximum absolute atomic E-state index is 12.3. The van der Waals surface area contributed by atoms with Crippen LogP contribution in [0.2, 0.25) is 5.02 Å². The molecule has 1 aromatic carbocycles. The van der Waals surface area contributed by atoms with Crippen LogP contribution in [0.1, 0.15) is 16.8 Å². The van der Waals surface area contributed by atoms with E-state index in [-0.39, 0.29) is 10.7 Å². The van der Waals surface area contributed by atoms with Crippen molar-refractivity contribution in [3.05, 3.63) is 54.8 Å². The van der Waals surface area contributed by atoms with E-state index in [1.807, 2.05) is 6.07 Å². The first-order valence-corrected chi connectivity index (χ1v) is 7.61. The molecule has 5 nitrogen and oxygen atoms in total. The molecule has 1 heterocycles. The van der Waals surface area contributed by atoms with E-state index >= 15 is 0 Å². The fourth-order valence-electron chi connectivity index (χ4n) is 1.92. The number of hydrogen-bond acceptors (Lipinski definition) is 4. The SMILES string of the molecule is CSc1cc(-n2c(=O)[nH]c(C)c(C)c2=O)c(Cl)cc1C#N. The highest BCUT2D eigenvalue weighted by Gasteiger charge is 2.15. The second-order valence-corrected chi connectivity index (χ2v) is 5.69. The number of benzene rings is 1. The summed E-state index contributed by atoms with van der Waals surface area (Å²) in [6.45, 7) is 3.30. The third kappa shape index (κ3) is 2.62. The Morgan fingerprint density at radius 3 is 2.57 bits per heavy atom. The van der Waals surface area contributed by atoms with Gasteiger partial charge in [0.05, 0.1) is 16.3 Å². The van der Waals surface area contributed by atoms with Crippen LogP contribution in [0.3, 0.4) is 0 Å². The van der Waals surface area contributed by atoms with Crippen LogP contribution in [0.25, 0.3) is 5.69 Å². The Morgan fingerprint density at radius 2 is 2.00 bits per heavy atom. The summed E-state index contributed by atoms with van der Waals surface area (Å²) in [6, 6.07) is 5.08. The van der Waals surface area contributed by atoms with Gasteiger partial charge in [0.1, 0.15) is 6.07 Å². The van der Waals surface area contributed by atoms with Gasteiger partial charge in [-0.2, -0.15) is 5.26 Å². The summed E-state index contributed by atoms with van der Waals surface area (Å²) in [5.74, 6) is 0. The molecular formula is C14H12ClN3O2S. The molecule has 0 aliphatic carbocycles. The molecule has 7 heteroatoms. The van der Waals surface area contributed by atoms with Crippen LogP contribution < -0.4 is 11.2 Å². The minimum Gasteiger partial charge on any atom is -0.311 e. The Bertz CT molecular complexity index is 877. The Morgan fingerprint density at radius 1 is 1.33 bits per heavy atom. The number of nitrogens with one attached hydrogen (secondary N) is 1. The van der Waals surface area contributed by atoms with Gasteiger partial charge < -0.3 is 4.98 Å². The standard InChI is InChI=1S/C14H12ClN3O2S/c1-7-8(2)17-14(20)18(13(7)19)11-5-12(21-3)9(6-16)4-10(11)15/h4-5H,1-3H3,(H,17,20).